The van der Waals surface area contributed by atoms with Gasteiger partial charge in [0.15, 0.2) is 0 Å². The van der Waals surface area contributed by atoms with Crippen LogP contribution in [0.5, 0.6) is 0 Å². The van der Waals surface area contributed by atoms with E-state index in [-0.39, 0.29) is 5.92 Å². The van der Waals surface area contributed by atoms with Crippen molar-refractivity contribution in [3.63, 3.8) is 0 Å². The monoisotopic (exact) mass is 295 g/mol. The van der Waals surface area contributed by atoms with E-state index in [2.05, 4.69) is 22.0 Å². The van der Waals surface area contributed by atoms with Gasteiger partial charge < -0.3 is 5.11 Å². The third kappa shape index (κ3) is 4.14. The summed E-state index contributed by atoms with van der Waals surface area (Å²) in [5, 5.41) is 19.5. The molecule has 3 heteroatoms. The minimum atomic E-state index is -0.960. The molecular formula is C14H18BrNO. The number of hydrogen-bond donors (Lipinski definition) is 1. The quantitative estimate of drug-likeness (QED) is 0.900. The van der Waals surface area contributed by atoms with Gasteiger partial charge in [0, 0.05) is 10.9 Å². The first-order valence-corrected chi connectivity index (χ1v) is 6.65. The summed E-state index contributed by atoms with van der Waals surface area (Å²) in [5.41, 5.74) is 0.0908. The van der Waals surface area contributed by atoms with Crippen LogP contribution in [0.2, 0.25) is 0 Å². The highest BCUT2D eigenvalue weighted by Gasteiger charge is 2.31. The number of aliphatic hydroxyl groups is 1. The molecule has 0 aliphatic carbocycles. The molecule has 0 amide bonds. The summed E-state index contributed by atoms with van der Waals surface area (Å²) >= 11 is 3.38. The van der Waals surface area contributed by atoms with Crippen LogP contribution < -0.4 is 0 Å². The first-order valence-electron chi connectivity index (χ1n) is 5.86. The van der Waals surface area contributed by atoms with E-state index in [0.717, 1.165) is 22.9 Å². The van der Waals surface area contributed by atoms with E-state index >= 15 is 0 Å². The van der Waals surface area contributed by atoms with Crippen molar-refractivity contribution in [3.05, 3.63) is 34.3 Å². The molecule has 0 heterocycles. The lowest BCUT2D eigenvalue weighted by Crippen LogP contribution is -2.36. The predicted molar refractivity (Wildman–Crippen MR) is 72.5 cm³/mol. The minimum Gasteiger partial charge on any atom is -0.388 e. The van der Waals surface area contributed by atoms with Crippen LogP contribution in [0.25, 0.3) is 0 Å². The number of nitrogens with zero attached hydrogens (tertiary/aromatic N) is 1. The summed E-state index contributed by atoms with van der Waals surface area (Å²) in [4.78, 5) is 0. The van der Waals surface area contributed by atoms with Gasteiger partial charge in [0.1, 0.15) is 0 Å². The Morgan fingerprint density at radius 2 is 2.00 bits per heavy atom. The zero-order chi connectivity index (χ0) is 12.9. The molecular weight excluding hydrogens is 278 g/mol. The van der Waals surface area contributed by atoms with Gasteiger partial charge in [0.05, 0.1) is 17.6 Å². The largest absolute Gasteiger partial charge is 0.388 e. The minimum absolute atomic E-state index is 0.309. The SMILES string of the molecule is CCCC(C#N)C(C)(O)Cc1ccc(Br)cc1. The van der Waals surface area contributed by atoms with Crippen LogP contribution in [0.3, 0.4) is 0 Å². The Bertz CT molecular complexity index is 392. The molecule has 0 aliphatic rings. The molecule has 2 unspecified atom stereocenters. The molecule has 2 atom stereocenters. The van der Waals surface area contributed by atoms with Gasteiger partial charge in [0.25, 0.3) is 0 Å². The number of nitriles is 1. The van der Waals surface area contributed by atoms with E-state index in [1.165, 1.54) is 0 Å². The topological polar surface area (TPSA) is 44.0 Å². The lowest BCUT2D eigenvalue weighted by Gasteiger charge is -2.28. The average Bonchev–Trinajstić information content (AvgIpc) is 2.28. The van der Waals surface area contributed by atoms with Crippen LogP contribution in [0, 0.1) is 17.2 Å². The average molecular weight is 296 g/mol. The van der Waals surface area contributed by atoms with Crippen molar-refractivity contribution in [2.24, 2.45) is 5.92 Å². The van der Waals surface area contributed by atoms with Gasteiger partial charge in [-0.15, -0.1) is 0 Å². The molecule has 1 N–H and O–H groups in total. The van der Waals surface area contributed by atoms with Crippen LogP contribution in [0.4, 0.5) is 0 Å². The standard InChI is InChI=1S/C14H18BrNO/c1-3-4-12(10-16)14(2,17)9-11-5-7-13(15)8-6-11/h5-8,12,17H,3-4,9H2,1-2H3. The first kappa shape index (κ1) is 14.2. The summed E-state index contributed by atoms with van der Waals surface area (Å²) in [6.07, 6.45) is 2.16. The van der Waals surface area contributed by atoms with Gasteiger partial charge in [0.2, 0.25) is 0 Å². The third-order valence-electron chi connectivity index (χ3n) is 2.96. The lowest BCUT2D eigenvalue weighted by molar-refractivity contribution is 0.0178. The Labute approximate surface area is 111 Å². The molecule has 1 aromatic carbocycles. The second-order valence-corrected chi connectivity index (χ2v) is 5.55. The molecule has 17 heavy (non-hydrogen) atoms. The fourth-order valence-corrected chi connectivity index (χ4v) is 2.21. The second kappa shape index (κ2) is 6.18. The molecule has 1 rings (SSSR count). The van der Waals surface area contributed by atoms with Crippen molar-refractivity contribution in [1.29, 1.82) is 5.26 Å². The maximum Gasteiger partial charge on any atom is 0.0817 e. The lowest BCUT2D eigenvalue weighted by atomic mass is 9.82. The molecule has 1 aromatic rings. The van der Waals surface area contributed by atoms with Gasteiger partial charge in [-0.05, 0) is 31.0 Å². The van der Waals surface area contributed by atoms with E-state index in [1.807, 2.05) is 31.2 Å². The second-order valence-electron chi connectivity index (χ2n) is 4.63. The Morgan fingerprint density at radius 3 is 2.47 bits per heavy atom. The van der Waals surface area contributed by atoms with Gasteiger partial charge in [-0.25, -0.2) is 0 Å². The Kier molecular flexibility index (Phi) is 5.17. The van der Waals surface area contributed by atoms with Crippen LogP contribution in [-0.4, -0.2) is 10.7 Å². The molecule has 0 aromatic heterocycles. The maximum absolute atomic E-state index is 10.4. The van der Waals surface area contributed by atoms with Gasteiger partial charge in [-0.1, -0.05) is 41.4 Å². The van der Waals surface area contributed by atoms with Crippen LogP contribution in [0.15, 0.2) is 28.7 Å². The van der Waals surface area contributed by atoms with E-state index in [4.69, 9.17) is 5.26 Å². The first-order chi connectivity index (χ1) is 7.99. The summed E-state index contributed by atoms with van der Waals surface area (Å²) < 4.78 is 1.02. The predicted octanol–water partition coefficient (Wildman–Crippen LogP) is 3.68. The van der Waals surface area contributed by atoms with Gasteiger partial charge >= 0.3 is 0 Å². The zero-order valence-electron chi connectivity index (χ0n) is 10.3. The third-order valence-corrected chi connectivity index (χ3v) is 3.49. The molecule has 2 nitrogen and oxygen atoms in total. The molecule has 0 aliphatic heterocycles. The zero-order valence-corrected chi connectivity index (χ0v) is 11.9. The van der Waals surface area contributed by atoms with E-state index in [1.54, 1.807) is 6.92 Å². The van der Waals surface area contributed by atoms with Crippen LogP contribution in [0.1, 0.15) is 32.3 Å². The number of halogens is 1. The molecule has 92 valence electrons. The van der Waals surface area contributed by atoms with Gasteiger partial charge in [-0.3, -0.25) is 0 Å². The van der Waals surface area contributed by atoms with Crippen molar-refractivity contribution in [1.82, 2.24) is 0 Å². The van der Waals surface area contributed by atoms with Gasteiger partial charge in [-0.2, -0.15) is 5.26 Å². The van der Waals surface area contributed by atoms with E-state index in [0.29, 0.717) is 6.42 Å². The highest BCUT2D eigenvalue weighted by molar-refractivity contribution is 9.10. The molecule has 0 saturated heterocycles. The van der Waals surface area contributed by atoms with Crippen molar-refractivity contribution >= 4 is 15.9 Å². The number of rotatable bonds is 5. The van der Waals surface area contributed by atoms with Crippen molar-refractivity contribution in [2.75, 3.05) is 0 Å². The van der Waals surface area contributed by atoms with Crippen LogP contribution in [-0.2, 0) is 6.42 Å². The van der Waals surface area contributed by atoms with E-state index in [9.17, 15) is 5.11 Å². The van der Waals surface area contributed by atoms with Crippen molar-refractivity contribution < 1.29 is 5.11 Å². The van der Waals surface area contributed by atoms with Crippen molar-refractivity contribution in [3.8, 4) is 6.07 Å². The highest BCUT2D eigenvalue weighted by atomic mass is 79.9. The fourth-order valence-electron chi connectivity index (χ4n) is 1.94. The Balaban J connectivity index is 2.77. The van der Waals surface area contributed by atoms with Crippen LogP contribution >= 0.6 is 15.9 Å². The fraction of sp³-hybridized carbons (Fsp3) is 0.500. The molecule has 0 spiro atoms. The molecule has 0 saturated carbocycles. The summed E-state index contributed by atoms with van der Waals surface area (Å²) in [6.45, 7) is 3.78. The molecule has 0 bridgehead atoms. The number of hydrogen-bond acceptors (Lipinski definition) is 2. The number of benzene rings is 1. The van der Waals surface area contributed by atoms with E-state index < -0.39 is 5.60 Å². The maximum atomic E-state index is 10.4. The molecule has 0 radical (unpaired) electrons. The Morgan fingerprint density at radius 1 is 1.41 bits per heavy atom. The van der Waals surface area contributed by atoms with Crippen molar-refractivity contribution in [2.45, 2.75) is 38.7 Å². The summed E-state index contributed by atoms with van der Waals surface area (Å²) in [5.74, 6) is -0.309. The molecule has 0 fully saturated rings. The normalized spacial score (nSPS) is 15.9. The highest BCUT2D eigenvalue weighted by Crippen LogP contribution is 2.26. The Hall–Kier alpha value is -0.850. The smallest absolute Gasteiger partial charge is 0.0817 e. The summed E-state index contributed by atoms with van der Waals surface area (Å²) in [6, 6.07) is 10.1. The summed E-state index contributed by atoms with van der Waals surface area (Å²) in [7, 11) is 0.